The van der Waals surface area contributed by atoms with Crippen molar-refractivity contribution in [3.63, 3.8) is 0 Å². The minimum Gasteiger partial charge on any atom is -0.236 e. The van der Waals surface area contributed by atoms with Gasteiger partial charge in [0.1, 0.15) is 0 Å². The van der Waals surface area contributed by atoms with Gasteiger partial charge in [-0.05, 0) is 30.7 Å². The first kappa shape index (κ1) is 21.4. The molecular formula is C17H11ClF6N4S. The lowest BCUT2D eigenvalue weighted by molar-refractivity contribution is -0.144. The van der Waals surface area contributed by atoms with Gasteiger partial charge < -0.3 is 0 Å². The van der Waals surface area contributed by atoms with E-state index in [1.54, 1.807) is 6.92 Å². The highest BCUT2D eigenvalue weighted by atomic mass is 35.5. The molecule has 0 aliphatic heterocycles. The average molecular weight is 453 g/mol. The number of alkyl halides is 6. The summed E-state index contributed by atoms with van der Waals surface area (Å²) in [6.07, 6.45) is -7.91. The van der Waals surface area contributed by atoms with Crippen LogP contribution < -0.4 is 0 Å². The van der Waals surface area contributed by atoms with Gasteiger partial charge in [-0.2, -0.15) is 31.0 Å². The van der Waals surface area contributed by atoms with Crippen LogP contribution in [0.5, 0.6) is 0 Å². The van der Waals surface area contributed by atoms with Gasteiger partial charge in [-0.25, -0.2) is 9.97 Å². The molecule has 3 rings (SSSR count). The van der Waals surface area contributed by atoms with Crippen LogP contribution in [0.15, 0.2) is 41.4 Å². The number of rotatable bonds is 4. The van der Waals surface area contributed by atoms with Gasteiger partial charge in [0, 0.05) is 16.7 Å². The number of aryl methyl sites for hydroxylation is 1. The summed E-state index contributed by atoms with van der Waals surface area (Å²) in [6.45, 7) is 1.60. The summed E-state index contributed by atoms with van der Waals surface area (Å²) >= 11 is 6.57. The van der Waals surface area contributed by atoms with E-state index in [4.69, 9.17) is 11.6 Å². The monoisotopic (exact) mass is 452 g/mol. The average Bonchev–Trinajstić information content (AvgIpc) is 3.06. The van der Waals surface area contributed by atoms with Crippen LogP contribution in [0.1, 0.15) is 11.4 Å². The minimum absolute atomic E-state index is 0.0335. The highest BCUT2D eigenvalue weighted by molar-refractivity contribution is 7.99. The first-order valence-electron chi connectivity index (χ1n) is 7.91. The van der Waals surface area contributed by atoms with Gasteiger partial charge in [-0.3, -0.25) is 0 Å². The maximum atomic E-state index is 13.2. The molecule has 0 radical (unpaired) electrons. The second kappa shape index (κ2) is 7.86. The fourth-order valence-electron chi connectivity index (χ4n) is 2.35. The number of benzene rings is 1. The zero-order chi connectivity index (χ0) is 21.4. The summed E-state index contributed by atoms with van der Waals surface area (Å²) in [4.78, 5) is 7.75. The van der Waals surface area contributed by atoms with Crippen LogP contribution in [-0.2, 0) is 6.18 Å². The lowest BCUT2D eigenvalue weighted by atomic mass is 10.1. The molecule has 12 heteroatoms. The SMILES string of the molecule is Cc1ccc(-c2nc(C(F)(F)F)nn2-c2ncccc2Cl)cc1SCC(F)(F)F. The smallest absolute Gasteiger partial charge is 0.236 e. The van der Waals surface area contributed by atoms with Crippen molar-refractivity contribution in [2.24, 2.45) is 0 Å². The van der Waals surface area contributed by atoms with Crippen LogP contribution in [-0.4, -0.2) is 31.7 Å². The number of nitrogens with zero attached hydrogens (tertiary/aromatic N) is 4. The summed E-state index contributed by atoms with van der Waals surface area (Å²) in [5.41, 5.74) is 0.686. The molecule has 0 N–H and O–H groups in total. The van der Waals surface area contributed by atoms with E-state index in [1.165, 1.54) is 36.5 Å². The van der Waals surface area contributed by atoms with Gasteiger partial charge in [0.25, 0.3) is 5.82 Å². The molecule has 0 aliphatic rings. The summed E-state index contributed by atoms with van der Waals surface area (Å²) in [5, 5.41) is 3.51. The molecule has 0 bridgehead atoms. The second-order valence-electron chi connectivity index (χ2n) is 5.86. The van der Waals surface area contributed by atoms with E-state index in [0.29, 0.717) is 17.3 Å². The summed E-state index contributed by atoms with van der Waals surface area (Å²) in [6, 6.07) is 7.20. The fraction of sp³-hybridized carbons (Fsp3) is 0.235. The van der Waals surface area contributed by atoms with E-state index in [0.717, 1.165) is 4.68 Å². The molecule has 1 aromatic carbocycles. The van der Waals surface area contributed by atoms with Crippen LogP contribution in [0.4, 0.5) is 26.3 Å². The zero-order valence-corrected chi connectivity index (χ0v) is 16.1. The Bertz CT molecular complexity index is 1030. The second-order valence-corrected chi connectivity index (χ2v) is 7.29. The third-order valence-electron chi connectivity index (χ3n) is 3.64. The maximum Gasteiger partial charge on any atom is 0.453 e. The quantitative estimate of drug-likeness (QED) is 0.361. The maximum absolute atomic E-state index is 13.2. The predicted molar refractivity (Wildman–Crippen MR) is 96.1 cm³/mol. The molecule has 0 aliphatic carbocycles. The molecule has 2 heterocycles. The van der Waals surface area contributed by atoms with Crippen molar-refractivity contribution in [3.05, 3.63) is 52.9 Å². The van der Waals surface area contributed by atoms with Crippen molar-refractivity contribution in [1.29, 1.82) is 0 Å². The van der Waals surface area contributed by atoms with Crippen molar-refractivity contribution < 1.29 is 26.3 Å². The lowest BCUT2D eigenvalue weighted by Crippen LogP contribution is -2.10. The van der Waals surface area contributed by atoms with Crippen LogP contribution in [0.25, 0.3) is 17.2 Å². The summed E-state index contributed by atoms with van der Waals surface area (Å²) in [7, 11) is 0. The molecule has 2 aromatic heterocycles. The molecule has 0 saturated carbocycles. The van der Waals surface area contributed by atoms with Crippen LogP contribution in [0, 0.1) is 6.92 Å². The van der Waals surface area contributed by atoms with E-state index in [1.807, 2.05) is 0 Å². The molecule has 3 aromatic rings. The normalized spacial score (nSPS) is 12.4. The van der Waals surface area contributed by atoms with E-state index in [-0.39, 0.29) is 27.1 Å². The van der Waals surface area contributed by atoms with Crippen molar-refractivity contribution in [1.82, 2.24) is 19.7 Å². The van der Waals surface area contributed by atoms with Crippen molar-refractivity contribution in [3.8, 4) is 17.2 Å². The molecule has 0 saturated heterocycles. The number of hydrogen-bond acceptors (Lipinski definition) is 4. The van der Waals surface area contributed by atoms with Crippen molar-refractivity contribution >= 4 is 23.4 Å². The molecule has 0 amide bonds. The molecule has 0 unspecified atom stereocenters. The number of thioether (sulfide) groups is 1. The van der Waals surface area contributed by atoms with E-state index in [2.05, 4.69) is 15.1 Å². The number of pyridine rings is 1. The van der Waals surface area contributed by atoms with Gasteiger partial charge >= 0.3 is 12.4 Å². The Balaban J connectivity index is 2.13. The molecule has 29 heavy (non-hydrogen) atoms. The Kier molecular flexibility index (Phi) is 5.81. The summed E-state index contributed by atoms with van der Waals surface area (Å²) < 4.78 is 78.1. The number of hydrogen-bond donors (Lipinski definition) is 0. The molecule has 4 nitrogen and oxygen atoms in total. The van der Waals surface area contributed by atoms with Gasteiger partial charge in [0.05, 0.1) is 10.8 Å². The number of aromatic nitrogens is 4. The van der Waals surface area contributed by atoms with Crippen LogP contribution >= 0.6 is 23.4 Å². The van der Waals surface area contributed by atoms with Crippen LogP contribution in [0.2, 0.25) is 5.02 Å². The minimum atomic E-state index is -4.83. The third-order valence-corrected chi connectivity index (χ3v) is 5.16. The fourth-order valence-corrected chi connectivity index (χ4v) is 3.38. The number of halogens is 7. The Morgan fingerprint density at radius 3 is 2.45 bits per heavy atom. The van der Waals surface area contributed by atoms with E-state index < -0.39 is 23.9 Å². The topological polar surface area (TPSA) is 43.6 Å². The van der Waals surface area contributed by atoms with Gasteiger partial charge in [0.15, 0.2) is 11.6 Å². The molecule has 0 fully saturated rings. The van der Waals surface area contributed by atoms with Gasteiger partial charge in [-0.1, -0.05) is 23.7 Å². The molecular weight excluding hydrogens is 442 g/mol. The van der Waals surface area contributed by atoms with E-state index in [9.17, 15) is 26.3 Å². The first-order chi connectivity index (χ1) is 13.5. The predicted octanol–water partition coefficient (Wildman–Crippen LogP) is 5.96. The molecule has 154 valence electrons. The van der Waals surface area contributed by atoms with Gasteiger partial charge in [-0.15, -0.1) is 16.9 Å². The van der Waals surface area contributed by atoms with Crippen LogP contribution in [0.3, 0.4) is 0 Å². The van der Waals surface area contributed by atoms with E-state index >= 15 is 0 Å². The van der Waals surface area contributed by atoms with Crippen molar-refractivity contribution in [2.75, 3.05) is 5.75 Å². The zero-order valence-electron chi connectivity index (χ0n) is 14.5. The molecule has 0 spiro atoms. The largest absolute Gasteiger partial charge is 0.453 e. The highest BCUT2D eigenvalue weighted by Gasteiger charge is 2.38. The Morgan fingerprint density at radius 1 is 1.10 bits per heavy atom. The standard InChI is InChI=1S/C17H11ClF6N4S/c1-9-4-5-10(7-12(9)29-8-16(19,20)21)13-26-15(17(22,23)24)27-28(13)14-11(18)3-2-6-25-14/h2-7H,8H2,1H3. The third kappa shape index (κ3) is 5.02. The molecule has 0 atom stereocenters. The Morgan fingerprint density at radius 2 is 1.83 bits per heavy atom. The summed E-state index contributed by atoms with van der Waals surface area (Å²) in [5.74, 6) is -2.88. The first-order valence-corrected chi connectivity index (χ1v) is 9.28. The Hall–Kier alpha value is -2.27. The Labute approximate surface area is 169 Å². The van der Waals surface area contributed by atoms with Gasteiger partial charge in [0.2, 0.25) is 0 Å². The van der Waals surface area contributed by atoms with Crippen molar-refractivity contribution in [2.45, 2.75) is 24.2 Å². The highest BCUT2D eigenvalue weighted by Crippen LogP contribution is 2.35. The lowest BCUT2D eigenvalue weighted by Gasteiger charge is -2.11.